The minimum Gasteiger partial charge on any atom is -0.508 e. The van der Waals surface area contributed by atoms with Crippen LogP contribution in [0.15, 0.2) is 45.6 Å². The molecule has 4 rings (SSSR count). The van der Waals surface area contributed by atoms with E-state index in [1.165, 1.54) is 24.3 Å². The van der Waals surface area contributed by atoms with Crippen LogP contribution in [0.1, 0.15) is 0 Å². The molecule has 2 heterocycles. The van der Waals surface area contributed by atoms with Crippen molar-refractivity contribution in [3.8, 4) is 34.1 Å². The van der Waals surface area contributed by atoms with Crippen molar-refractivity contribution in [2.45, 2.75) is 24.6 Å². The number of benzene rings is 2. The number of phenols is 3. The van der Waals surface area contributed by atoms with E-state index < -0.39 is 36.0 Å². The second-order valence-electron chi connectivity index (χ2n) is 6.93. The van der Waals surface area contributed by atoms with E-state index in [1.807, 2.05) is 0 Å². The average molecular weight is 434 g/mol. The summed E-state index contributed by atoms with van der Waals surface area (Å²) in [5.74, 6) is -1.27. The van der Waals surface area contributed by atoms with Crippen molar-refractivity contribution >= 4 is 11.0 Å². The molecule has 0 radical (unpaired) electrons. The molecule has 0 spiro atoms. The molecule has 1 aliphatic heterocycles. The number of aliphatic hydroxyl groups excluding tert-OH is 3. The first-order chi connectivity index (χ1) is 14.7. The number of hydrogen-bond acceptors (Lipinski definition) is 11. The molecule has 2 aromatic carbocycles. The van der Waals surface area contributed by atoms with E-state index in [2.05, 4.69) is 0 Å². The maximum absolute atomic E-state index is 12.0. The number of hydrogen-bond donors (Lipinski definition) is 6. The summed E-state index contributed by atoms with van der Waals surface area (Å²) in [5, 5.41) is 58.8. The molecule has 1 fully saturated rings. The third-order valence-electron chi connectivity index (χ3n) is 4.77. The van der Waals surface area contributed by atoms with Gasteiger partial charge in [0.25, 0.3) is 0 Å². The van der Waals surface area contributed by atoms with Gasteiger partial charge >= 0.3 is 5.63 Å². The molecule has 11 nitrogen and oxygen atoms in total. The van der Waals surface area contributed by atoms with Crippen LogP contribution in [0, 0.1) is 0 Å². The van der Waals surface area contributed by atoms with Gasteiger partial charge in [-0.3, -0.25) is 0 Å². The smallest absolute Gasteiger partial charge is 0.336 e. The van der Waals surface area contributed by atoms with Crippen molar-refractivity contribution in [1.82, 2.24) is 0 Å². The Morgan fingerprint density at radius 1 is 0.935 bits per heavy atom. The fourth-order valence-corrected chi connectivity index (χ4v) is 3.20. The molecule has 11 heteroatoms. The lowest BCUT2D eigenvalue weighted by Gasteiger charge is -2.33. The van der Waals surface area contributed by atoms with E-state index >= 15 is 0 Å². The number of phenolic OH excluding ortho intramolecular Hbond substituents is 3. The van der Waals surface area contributed by atoms with Crippen LogP contribution in [-0.4, -0.2) is 61.8 Å². The molecule has 1 saturated heterocycles. The van der Waals surface area contributed by atoms with Gasteiger partial charge in [-0.05, 0) is 17.7 Å². The second-order valence-corrected chi connectivity index (χ2v) is 6.93. The van der Waals surface area contributed by atoms with E-state index in [4.69, 9.17) is 18.9 Å². The van der Waals surface area contributed by atoms with Crippen LogP contribution in [0.5, 0.6) is 23.0 Å². The Kier molecular flexibility index (Phi) is 5.43. The molecule has 1 aliphatic rings. The molecule has 0 saturated carbocycles. The summed E-state index contributed by atoms with van der Waals surface area (Å²) < 4.78 is 10.2. The Bertz CT molecular complexity index is 1170. The lowest BCUT2D eigenvalue weighted by molar-refractivity contribution is -0.370. The average Bonchev–Trinajstić information content (AvgIpc) is 2.72. The molecule has 0 bridgehead atoms. The summed E-state index contributed by atoms with van der Waals surface area (Å²) in [5.41, 5.74) is -0.290. The molecular weight excluding hydrogens is 416 g/mol. The number of fused-ring (bicyclic) bond motifs is 1. The van der Waals surface area contributed by atoms with Gasteiger partial charge in [-0.25, -0.2) is 4.79 Å². The Labute approximate surface area is 173 Å². The lowest BCUT2D eigenvalue weighted by atomic mass is 10.0. The predicted octanol–water partition coefficient (Wildman–Crippen LogP) is 0.326. The van der Waals surface area contributed by atoms with Crippen molar-refractivity contribution in [3.05, 3.63) is 46.8 Å². The monoisotopic (exact) mass is 434 g/mol. The van der Waals surface area contributed by atoms with E-state index in [9.17, 15) is 35.4 Å². The zero-order valence-electron chi connectivity index (χ0n) is 15.7. The van der Waals surface area contributed by atoms with Crippen molar-refractivity contribution in [2.24, 2.45) is 0 Å². The van der Waals surface area contributed by atoms with Gasteiger partial charge in [0.05, 0.1) is 12.0 Å². The zero-order valence-corrected chi connectivity index (χ0v) is 15.7. The summed E-state index contributed by atoms with van der Waals surface area (Å²) in [6.45, 7) is -0.319. The summed E-state index contributed by atoms with van der Waals surface area (Å²) >= 11 is 0. The molecule has 3 aromatic rings. The van der Waals surface area contributed by atoms with Crippen molar-refractivity contribution in [2.75, 3.05) is 6.61 Å². The van der Waals surface area contributed by atoms with Crippen molar-refractivity contribution < 1.29 is 49.6 Å². The molecule has 4 atom stereocenters. The van der Waals surface area contributed by atoms with Crippen LogP contribution in [-0.2, 0) is 9.62 Å². The second kappa shape index (κ2) is 8.06. The minimum atomic E-state index is -1.63. The first kappa shape index (κ1) is 20.9. The fourth-order valence-electron chi connectivity index (χ4n) is 3.20. The quantitative estimate of drug-likeness (QED) is 0.144. The fraction of sp³-hybridized carbons (Fsp3) is 0.250. The maximum atomic E-state index is 12.0. The first-order valence-corrected chi connectivity index (χ1v) is 9.07. The Morgan fingerprint density at radius 3 is 2.45 bits per heavy atom. The van der Waals surface area contributed by atoms with E-state index in [0.717, 1.165) is 12.1 Å². The Morgan fingerprint density at radius 2 is 1.71 bits per heavy atom. The first-order valence-electron chi connectivity index (χ1n) is 9.07. The molecule has 164 valence electrons. The predicted molar refractivity (Wildman–Crippen MR) is 102 cm³/mol. The van der Waals surface area contributed by atoms with Gasteiger partial charge in [-0.15, -0.1) is 0 Å². The number of rotatable bonds is 4. The summed E-state index contributed by atoms with van der Waals surface area (Å²) in [6.07, 6.45) is -5.93. The van der Waals surface area contributed by atoms with Crippen LogP contribution < -0.4 is 10.5 Å². The molecule has 31 heavy (non-hydrogen) atoms. The molecule has 0 aliphatic carbocycles. The minimum absolute atomic E-state index is 0.0748. The highest BCUT2D eigenvalue weighted by Crippen LogP contribution is 2.39. The SMILES string of the molecule is O=c1cc(-c2ccc(O)c(O)c2)c2c(OO[C@@H]3OC[C@@H](O)[C@H](O)[C@H]3O)cc(O)cc2o1. The van der Waals surface area contributed by atoms with Crippen LogP contribution in [0.2, 0.25) is 0 Å². The summed E-state index contributed by atoms with van der Waals surface area (Å²) in [6, 6.07) is 7.30. The number of ether oxygens (including phenoxy) is 1. The van der Waals surface area contributed by atoms with Gasteiger partial charge < -0.3 is 44.7 Å². The van der Waals surface area contributed by atoms with Crippen LogP contribution in [0.25, 0.3) is 22.1 Å². The lowest BCUT2D eigenvalue weighted by Crippen LogP contribution is -2.54. The maximum Gasteiger partial charge on any atom is 0.336 e. The van der Waals surface area contributed by atoms with Gasteiger partial charge in [0, 0.05) is 23.8 Å². The zero-order chi connectivity index (χ0) is 22.3. The number of aliphatic hydroxyl groups is 3. The largest absolute Gasteiger partial charge is 0.508 e. The highest BCUT2D eigenvalue weighted by atomic mass is 17.2. The van der Waals surface area contributed by atoms with Gasteiger partial charge in [-0.1, -0.05) is 6.07 Å². The number of aromatic hydroxyl groups is 3. The van der Waals surface area contributed by atoms with Gasteiger partial charge in [0.2, 0.25) is 6.29 Å². The topological polar surface area (TPSA) is 179 Å². The Balaban J connectivity index is 1.76. The van der Waals surface area contributed by atoms with Gasteiger partial charge in [-0.2, -0.15) is 4.89 Å². The molecule has 1 aromatic heterocycles. The normalized spacial score (nSPS) is 23.7. The van der Waals surface area contributed by atoms with Gasteiger partial charge in [0.15, 0.2) is 17.2 Å². The van der Waals surface area contributed by atoms with Gasteiger partial charge in [0.1, 0.15) is 29.6 Å². The highest BCUT2D eigenvalue weighted by Gasteiger charge is 2.39. The van der Waals surface area contributed by atoms with Crippen LogP contribution in [0.4, 0.5) is 0 Å². The molecule has 0 amide bonds. The third-order valence-corrected chi connectivity index (χ3v) is 4.77. The van der Waals surface area contributed by atoms with E-state index in [0.29, 0.717) is 5.56 Å². The van der Waals surface area contributed by atoms with E-state index in [-0.39, 0.29) is 40.4 Å². The highest BCUT2D eigenvalue weighted by molar-refractivity contribution is 5.98. The molecular formula is C20H18O11. The molecule has 6 N–H and O–H groups in total. The van der Waals surface area contributed by atoms with Crippen molar-refractivity contribution in [1.29, 1.82) is 0 Å². The molecule has 0 unspecified atom stereocenters. The standard InChI is InChI=1S/C20H18O11/c21-9-4-14-17(10(6-16(25)29-14)8-1-2-11(22)12(23)3-8)15(5-9)30-31-20-19(27)18(26)13(24)7-28-20/h1-6,13,18-24,26-27H,7H2/t13-,18+,19-,20+/m1/s1. The summed E-state index contributed by atoms with van der Waals surface area (Å²) in [4.78, 5) is 22.3. The summed E-state index contributed by atoms with van der Waals surface area (Å²) in [7, 11) is 0. The van der Waals surface area contributed by atoms with Crippen LogP contribution in [0.3, 0.4) is 0 Å². The van der Waals surface area contributed by atoms with E-state index in [1.54, 1.807) is 0 Å². The third kappa shape index (κ3) is 4.00. The Hall–Kier alpha value is -3.35. The van der Waals surface area contributed by atoms with Crippen molar-refractivity contribution in [3.63, 3.8) is 0 Å². The van der Waals surface area contributed by atoms with Crippen LogP contribution >= 0.6 is 0 Å².